The van der Waals surface area contributed by atoms with Crippen molar-refractivity contribution in [3.63, 3.8) is 0 Å². The van der Waals surface area contributed by atoms with Crippen LogP contribution in [0.4, 0.5) is 0 Å². The van der Waals surface area contributed by atoms with E-state index in [1.807, 2.05) is 60.2 Å². The van der Waals surface area contributed by atoms with Crippen molar-refractivity contribution in [2.24, 2.45) is 0 Å². The summed E-state index contributed by atoms with van der Waals surface area (Å²) in [6, 6.07) is 19.8. The van der Waals surface area contributed by atoms with Gasteiger partial charge in [0.1, 0.15) is 0 Å². The maximum absolute atomic E-state index is 12.5. The summed E-state index contributed by atoms with van der Waals surface area (Å²) in [5, 5.41) is 3.11. The molecule has 1 atom stereocenters. The summed E-state index contributed by atoms with van der Waals surface area (Å²) in [5.74, 6) is -0.0359. The van der Waals surface area contributed by atoms with Gasteiger partial charge in [0.15, 0.2) is 0 Å². The van der Waals surface area contributed by atoms with Crippen molar-refractivity contribution in [2.45, 2.75) is 31.6 Å². The molecule has 1 amide bonds. The number of nitrogens with zero attached hydrogens (tertiary/aromatic N) is 2. The SMILES string of the molecule is O=C(NCC(c1cncs1)N1CCC(OCc2ccccc2)CC1)c1ccccc1. The van der Waals surface area contributed by atoms with Crippen LogP contribution in [-0.2, 0) is 11.3 Å². The number of thiazole rings is 1. The van der Waals surface area contributed by atoms with Crippen LogP contribution in [0.25, 0.3) is 0 Å². The Morgan fingerprint density at radius 1 is 1.10 bits per heavy atom. The Bertz CT molecular complexity index is 895. The lowest BCUT2D eigenvalue weighted by atomic mass is 10.0. The first-order valence-corrected chi connectivity index (χ1v) is 11.3. The third-order valence-electron chi connectivity index (χ3n) is 5.52. The van der Waals surface area contributed by atoms with Crippen LogP contribution in [0.15, 0.2) is 72.4 Å². The van der Waals surface area contributed by atoms with Crippen LogP contribution in [0, 0.1) is 0 Å². The Kier molecular flexibility index (Phi) is 7.24. The van der Waals surface area contributed by atoms with Crippen LogP contribution in [0.5, 0.6) is 0 Å². The Hall–Kier alpha value is -2.54. The number of aromatic nitrogens is 1. The van der Waals surface area contributed by atoms with Gasteiger partial charge in [-0.2, -0.15) is 0 Å². The van der Waals surface area contributed by atoms with Crippen molar-refractivity contribution < 1.29 is 9.53 Å². The summed E-state index contributed by atoms with van der Waals surface area (Å²) in [5.41, 5.74) is 3.76. The first-order valence-electron chi connectivity index (χ1n) is 10.4. The molecule has 4 rings (SSSR count). The van der Waals surface area contributed by atoms with E-state index in [-0.39, 0.29) is 18.1 Å². The van der Waals surface area contributed by atoms with Crippen molar-refractivity contribution in [3.05, 3.63) is 88.4 Å². The number of carbonyl (C=O) groups is 1. The third kappa shape index (κ3) is 5.53. The Labute approximate surface area is 181 Å². The molecular weight excluding hydrogens is 394 g/mol. The number of nitrogens with one attached hydrogen (secondary N) is 1. The molecule has 1 aliphatic heterocycles. The molecule has 6 heteroatoms. The van der Waals surface area contributed by atoms with Crippen LogP contribution in [0.3, 0.4) is 0 Å². The molecule has 1 unspecified atom stereocenters. The van der Waals surface area contributed by atoms with E-state index in [9.17, 15) is 4.79 Å². The van der Waals surface area contributed by atoms with E-state index in [0.717, 1.165) is 25.9 Å². The lowest BCUT2D eigenvalue weighted by molar-refractivity contribution is -0.0109. The number of ether oxygens (including phenoxy) is 1. The van der Waals surface area contributed by atoms with Gasteiger partial charge in [0.05, 0.1) is 24.3 Å². The Balaban J connectivity index is 1.32. The molecule has 1 fully saturated rings. The zero-order valence-electron chi connectivity index (χ0n) is 16.9. The van der Waals surface area contributed by atoms with Gasteiger partial charge in [0.25, 0.3) is 5.91 Å². The summed E-state index contributed by atoms with van der Waals surface area (Å²) in [4.78, 5) is 20.4. The molecule has 1 aliphatic rings. The average molecular weight is 422 g/mol. The molecule has 0 bridgehead atoms. The standard InChI is InChI=1S/C24H27N3O2S/c28-24(20-9-5-2-6-10-20)26-15-22(23-16-25-18-30-23)27-13-11-21(12-14-27)29-17-19-7-3-1-4-8-19/h1-10,16,18,21-22H,11-15,17H2,(H,26,28). The molecule has 1 saturated heterocycles. The number of hydrogen-bond donors (Lipinski definition) is 1. The highest BCUT2D eigenvalue weighted by molar-refractivity contribution is 7.09. The van der Waals surface area contributed by atoms with Gasteiger partial charge in [-0.15, -0.1) is 11.3 Å². The van der Waals surface area contributed by atoms with E-state index < -0.39 is 0 Å². The Morgan fingerprint density at radius 3 is 2.47 bits per heavy atom. The lowest BCUT2D eigenvalue weighted by Gasteiger charge is -2.37. The van der Waals surface area contributed by atoms with Crippen LogP contribution in [0.1, 0.15) is 39.7 Å². The van der Waals surface area contributed by atoms with Gasteiger partial charge in [-0.25, -0.2) is 0 Å². The van der Waals surface area contributed by atoms with Crippen molar-refractivity contribution in [3.8, 4) is 0 Å². The van der Waals surface area contributed by atoms with Crippen LogP contribution < -0.4 is 5.32 Å². The smallest absolute Gasteiger partial charge is 0.251 e. The molecule has 0 aliphatic carbocycles. The van der Waals surface area contributed by atoms with Gasteiger partial charge in [-0.1, -0.05) is 48.5 Å². The highest BCUT2D eigenvalue weighted by atomic mass is 32.1. The molecule has 30 heavy (non-hydrogen) atoms. The highest BCUT2D eigenvalue weighted by Crippen LogP contribution is 2.28. The molecule has 0 radical (unpaired) electrons. The second-order valence-corrected chi connectivity index (χ2v) is 8.45. The molecule has 0 saturated carbocycles. The monoisotopic (exact) mass is 421 g/mol. The van der Waals surface area contributed by atoms with Crippen molar-refractivity contribution in [2.75, 3.05) is 19.6 Å². The largest absolute Gasteiger partial charge is 0.373 e. The first-order chi connectivity index (χ1) is 14.8. The van der Waals surface area contributed by atoms with Gasteiger partial charge in [0.2, 0.25) is 0 Å². The second-order valence-electron chi connectivity index (χ2n) is 7.53. The molecule has 0 spiro atoms. The maximum atomic E-state index is 12.5. The van der Waals surface area contributed by atoms with Gasteiger partial charge in [-0.05, 0) is 30.5 Å². The summed E-state index contributed by atoms with van der Waals surface area (Å²) in [6.07, 6.45) is 4.19. The molecule has 1 aromatic heterocycles. The van der Waals surface area contributed by atoms with E-state index in [1.54, 1.807) is 11.3 Å². The van der Waals surface area contributed by atoms with E-state index >= 15 is 0 Å². The van der Waals surface area contributed by atoms with E-state index in [0.29, 0.717) is 18.7 Å². The van der Waals surface area contributed by atoms with Crippen molar-refractivity contribution >= 4 is 17.2 Å². The summed E-state index contributed by atoms with van der Waals surface area (Å²) < 4.78 is 6.14. The zero-order chi connectivity index (χ0) is 20.6. The molecule has 1 N–H and O–H groups in total. The number of carbonyl (C=O) groups excluding carboxylic acids is 1. The minimum absolute atomic E-state index is 0.0359. The van der Waals surface area contributed by atoms with Gasteiger partial charge >= 0.3 is 0 Å². The summed E-state index contributed by atoms with van der Waals surface area (Å²) in [6.45, 7) is 3.13. The van der Waals surface area contributed by atoms with Crippen molar-refractivity contribution in [1.29, 1.82) is 0 Å². The minimum Gasteiger partial charge on any atom is -0.373 e. The molecule has 2 heterocycles. The van der Waals surface area contributed by atoms with E-state index in [1.165, 1.54) is 10.4 Å². The molecule has 3 aromatic rings. The van der Waals surface area contributed by atoms with Crippen molar-refractivity contribution in [1.82, 2.24) is 15.2 Å². The third-order valence-corrected chi connectivity index (χ3v) is 6.39. The van der Waals surface area contributed by atoms with Crippen LogP contribution in [0.2, 0.25) is 0 Å². The number of hydrogen-bond acceptors (Lipinski definition) is 5. The molecule has 156 valence electrons. The fourth-order valence-electron chi connectivity index (χ4n) is 3.82. The van der Waals surface area contributed by atoms with E-state index in [2.05, 4.69) is 27.3 Å². The fraction of sp³-hybridized carbons (Fsp3) is 0.333. The lowest BCUT2D eigenvalue weighted by Crippen LogP contribution is -2.43. The number of amides is 1. The van der Waals surface area contributed by atoms with Crippen LogP contribution in [-0.4, -0.2) is 41.5 Å². The number of piperidine rings is 1. The number of likely N-dealkylation sites (tertiary alicyclic amines) is 1. The predicted octanol–water partition coefficient (Wildman–Crippen LogP) is 4.30. The van der Waals surface area contributed by atoms with Gasteiger partial charge in [-0.3, -0.25) is 14.7 Å². The second kappa shape index (κ2) is 10.5. The number of benzene rings is 2. The zero-order valence-corrected chi connectivity index (χ0v) is 17.8. The number of rotatable bonds is 8. The van der Waals surface area contributed by atoms with Gasteiger partial charge < -0.3 is 10.1 Å². The quantitative estimate of drug-likeness (QED) is 0.589. The predicted molar refractivity (Wildman–Crippen MR) is 119 cm³/mol. The summed E-state index contributed by atoms with van der Waals surface area (Å²) >= 11 is 1.65. The molecule has 5 nitrogen and oxygen atoms in total. The minimum atomic E-state index is -0.0359. The molecule has 2 aromatic carbocycles. The first kappa shape index (κ1) is 20.7. The fourth-order valence-corrected chi connectivity index (χ4v) is 4.58. The summed E-state index contributed by atoms with van der Waals surface area (Å²) in [7, 11) is 0. The van der Waals surface area contributed by atoms with Gasteiger partial charge in [0, 0.05) is 36.3 Å². The normalized spacial score (nSPS) is 16.3. The topological polar surface area (TPSA) is 54.5 Å². The van der Waals surface area contributed by atoms with Crippen LogP contribution >= 0.6 is 11.3 Å². The average Bonchev–Trinajstić information content (AvgIpc) is 3.34. The highest BCUT2D eigenvalue weighted by Gasteiger charge is 2.28. The molecular formula is C24H27N3O2S. The Morgan fingerprint density at radius 2 is 1.80 bits per heavy atom. The van der Waals surface area contributed by atoms with E-state index in [4.69, 9.17) is 4.74 Å². The maximum Gasteiger partial charge on any atom is 0.251 e.